The molecule has 4 rings (SSSR count). The van der Waals surface area contributed by atoms with Crippen LogP contribution in [-0.4, -0.2) is 65.5 Å². The predicted octanol–water partition coefficient (Wildman–Crippen LogP) is 1.86. The zero-order valence-electron chi connectivity index (χ0n) is 20.7. The number of pyridine rings is 1. The minimum Gasteiger partial charge on any atom is -0.494 e. The highest BCUT2D eigenvalue weighted by atomic mass is 32.2. The normalized spacial score (nSPS) is 12.9. The van der Waals surface area contributed by atoms with Gasteiger partial charge < -0.3 is 14.2 Å². The number of nitrogens with one attached hydrogen (secondary N) is 1. The van der Waals surface area contributed by atoms with Gasteiger partial charge in [-0.15, -0.1) is 10.2 Å². The van der Waals surface area contributed by atoms with Gasteiger partial charge in [0.15, 0.2) is 11.6 Å². The highest BCUT2D eigenvalue weighted by molar-refractivity contribution is 7.70. The van der Waals surface area contributed by atoms with E-state index < -0.39 is 23.0 Å². The Kier molecular flexibility index (Phi) is 8.38. The first kappa shape index (κ1) is 26.1. The number of thiol groups is 1. The van der Waals surface area contributed by atoms with Gasteiger partial charge in [-0.2, -0.15) is 0 Å². The van der Waals surface area contributed by atoms with Crippen LogP contribution in [0.1, 0.15) is 23.3 Å². The van der Waals surface area contributed by atoms with Crippen molar-refractivity contribution in [3.05, 3.63) is 72.3 Å². The summed E-state index contributed by atoms with van der Waals surface area (Å²) in [5.41, 5.74) is 2.11. The van der Waals surface area contributed by atoms with Crippen LogP contribution in [0.3, 0.4) is 0 Å². The van der Waals surface area contributed by atoms with E-state index in [9.17, 15) is 8.42 Å². The molecule has 0 amide bonds. The molecule has 37 heavy (non-hydrogen) atoms. The van der Waals surface area contributed by atoms with E-state index in [0.29, 0.717) is 40.2 Å². The van der Waals surface area contributed by atoms with Crippen molar-refractivity contribution in [2.45, 2.75) is 25.5 Å². The third-order valence-corrected chi connectivity index (χ3v) is 6.17. The Hall–Kier alpha value is -3.94. The van der Waals surface area contributed by atoms with E-state index in [4.69, 9.17) is 14.2 Å². The van der Waals surface area contributed by atoms with Gasteiger partial charge in [-0.05, 0) is 36.8 Å². The molecule has 194 valence electrons. The van der Waals surface area contributed by atoms with Crippen molar-refractivity contribution in [3.8, 4) is 28.6 Å². The van der Waals surface area contributed by atoms with Gasteiger partial charge >= 0.3 is 0 Å². The lowest BCUT2D eigenvalue weighted by Crippen LogP contribution is -2.38. The lowest BCUT2D eigenvalue weighted by molar-refractivity contribution is 0.0675. The predicted molar refractivity (Wildman–Crippen MR) is 135 cm³/mol. The highest BCUT2D eigenvalue weighted by Gasteiger charge is 2.31. The van der Waals surface area contributed by atoms with Crippen molar-refractivity contribution in [1.82, 2.24) is 34.4 Å². The molecule has 0 fully saturated rings. The maximum Gasteiger partial charge on any atom is 0.201 e. The molecule has 3 aromatic heterocycles. The Bertz CT molecular complexity index is 1380. The van der Waals surface area contributed by atoms with Gasteiger partial charge in [-0.1, -0.05) is 6.07 Å². The molecule has 2 atom stereocenters. The largest absolute Gasteiger partial charge is 0.494 e. The number of methoxy groups -OCH3 is 3. The van der Waals surface area contributed by atoms with Crippen LogP contribution in [0, 0.1) is 6.92 Å². The summed E-state index contributed by atoms with van der Waals surface area (Å²) >= 11 is 0. The molecule has 0 radical (unpaired) electrons. The van der Waals surface area contributed by atoms with Crippen molar-refractivity contribution in [3.63, 3.8) is 0 Å². The Morgan fingerprint density at radius 2 is 1.68 bits per heavy atom. The van der Waals surface area contributed by atoms with Crippen LogP contribution in [0.4, 0.5) is 0 Å². The van der Waals surface area contributed by atoms with E-state index in [-0.39, 0.29) is 6.42 Å². The summed E-state index contributed by atoms with van der Waals surface area (Å²) in [6, 6.07) is 8.21. The fourth-order valence-corrected chi connectivity index (χ4v) is 4.47. The fourth-order valence-electron chi connectivity index (χ4n) is 3.97. The number of hydrogen-bond donors (Lipinski definition) is 2. The summed E-state index contributed by atoms with van der Waals surface area (Å²) in [5, 5.41) is 8.86. The lowest BCUT2D eigenvalue weighted by Gasteiger charge is -2.24. The van der Waals surface area contributed by atoms with E-state index in [1.807, 2.05) is 13.0 Å². The topological polar surface area (TPSA) is 143 Å². The minimum absolute atomic E-state index is 0.0769. The molecule has 1 N–H and O–H groups in total. The Morgan fingerprint density at radius 3 is 2.24 bits per heavy atom. The second-order valence-corrected chi connectivity index (χ2v) is 8.77. The quantitative estimate of drug-likeness (QED) is 0.279. The Balaban J connectivity index is 1.88. The molecule has 0 bridgehead atoms. The standard InChI is InChI=1S/C24H27N7O5S/c1-15-12-26-23(27-13-15)22(36-4)17(30-37(32)33)11-20-28-29-24(16-7-6-10-25-14-16)31(20)21-18(34-2)8-5-9-19(21)35-3/h5-10,12-14,17,22,37H,11H2,1-4H3,(H,30,32,33)/t17-,22-/m0/s1. The monoisotopic (exact) mass is 525 g/mol. The smallest absolute Gasteiger partial charge is 0.201 e. The van der Waals surface area contributed by atoms with Crippen LogP contribution in [-0.2, 0) is 22.0 Å². The molecule has 0 aliphatic heterocycles. The molecule has 1 aromatic carbocycles. The average molecular weight is 526 g/mol. The molecule has 4 aromatic rings. The minimum atomic E-state index is -2.99. The summed E-state index contributed by atoms with van der Waals surface area (Å²) in [4.78, 5) is 12.9. The molecule has 3 heterocycles. The first-order valence-electron chi connectivity index (χ1n) is 11.2. The number of ether oxygens (including phenoxy) is 3. The zero-order valence-corrected chi connectivity index (χ0v) is 21.6. The second-order valence-electron chi connectivity index (χ2n) is 8.00. The lowest BCUT2D eigenvalue weighted by atomic mass is 10.1. The van der Waals surface area contributed by atoms with Crippen LogP contribution in [0.5, 0.6) is 11.5 Å². The van der Waals surface area contributed by atoms with Crippen LogP contribution in [0.15, 0.2) is 55.1 Å². The van der Waals surface area contributed by atoms with Gasteiger partial charge in [0.05, 0.1) is 20.3 Å². The molecule has 12 nitrogen and oxygen atoms in total. The summed E-state index contributed by atoms with van der Waals surface area (Å²) in [6.45, 7) is 1.86. The third-order valence-electron chi connectivity index (χ3n) is 5.62. The summed E-state index contributed by atoms with van der Waals surface area (Å²) in [6.07, 6.45) is 5.88. The average Bonchev–Trinajstić information content (AvgIpc) is 3.32. The van der Waals surface area contributed by atoms with E-state index >= 15 is 0 Å². The SMILES string of the molecule is COc1cccc(OC)c1-n1c(C[C@H](N[SH](=O)=O)[C@H](OC)c2ncc(C)cn2)nnc1-c1cccnc1. The van der Waals surface area contributed by atoms with E-state index in [0.717, 1.165) is 5.56 Å². The molecule has 13 heteroatoms. The van der Waals surface area contributed by atoms with Crippen LogP contribution >= 0.6 is 0 Å². The summed E-state index contributed by atoms with van der Waals surface area (Å²) in [5.74, 6) is 2.24. The number of benzene rings is 1. The van der Waals surface area contributed by atoms with Gasteiger partial charge in [0.2, 0.25) is 10.9 Å². The third kappa shape index (κ3) is 5.74. The molecule has 0 saturated carbocycles. The van der Waals surface area contributed by atoms with Gasteiger partial charge in [0, 0.05) is 43.9 Å². The van der Waals surface area contributed by atoms with Crippen molar-refractivity contribution < 1.29 is 22.6 Å². The Morgan fingerprint density at radius 1 is 0.973 bits per heavy atom. The van der Waals surface area contributed by atoms with Gasteiger partial charge in [0.1, 0.15) is 29.1 Å². The van der Waals surface area contributed by atoms with Crippen LogP contribution < -0.4 is 14.2 Å². The fraction of sp³-hybridized carbons (Fsp3) is 0.292. The first-order valence-corrected chi connectivity index (χ1v) is 12.4. The van der Waals surface area contributed by atoms with Crippen molar-refractivity contribution >= 4 is 10.9 Å². The number of nitrogens with zero attached hydrogens (tertiary/aromatic N) is 6. The van der Waals surface area contributed by atoms with Gasteiger partial charge in [-0.25, -0.2) is 23.1 Å². The molecular formula is C24H27N7O5S. The molecule has 0 spiro atoms. The van der Waals surface area contributed by atoms with E-state index in [2.05, 4.69) is 29.9 Å². The maximum absolute atomic E-state index is 11.8. The summed E-state index contributed by atoms with van der Waals surface area (Å²) < 4.78 is 45.0. The number of hydrogen-bond acceptors (Lipinski definition) is 10. The maximum atomic E-state index is 11.8. The number of aromatic nitrogens is 6. The molecule has 0 saturated heterocycles. The molecule has 0 aliphatic carbocycles. The number of rotatable bonds is 11. The highest BCUT2D eigenvalue weighted by Crippen LogP contribution is 2.36. The number of aryl methyl sites for hydroxylation is 1. The van der Waals surface area contributed by atoms with Crippen molar-refractivity contribution in [1.29, 1.82) is 0 Å². The molecule has 0 unspecified atom stereocenters. The van der Waals surface area contributed by atoms with E-state index in [1.54, 1.807) is 67.8 Å². The van der Waals surface area contributed by atoms with Gasteiger partial charge in [0.25, 0.3) is 0 Å². The zero-order chi connectivity index (χ0) is 26.4. The molecule has 0 aliphatic rings. The first-order chi connectivity index (χ1) is 18.0. The number of para-hydroxylation sites is 1. The van der Waals surface area contributed by atoms with Crippen molar-refractivity contribution in [2.75, 3.05) is 21.3 Å². The van der Waals surface area contributed by atoms with Crippen LogP contribution in [0.25, 0.3) is 17.1 Å². The second kappa shape index (κ2) is 11.9. The Labute approximate surface area is 215 Å². The van der Waals surface area contributed by atoms with Crippen LogP contribution in [0.2, 0.25) is 0 Å². The van der Waals surface area contributed by atoms with Gasteiger partial charge in [-0.3, -0.25) is 9.55 Å². The summed E-state index contributed by atoms with van der Waals surface area (Å²) in [7, 11) is 1.57. The van der Waals surface area contributed by atoms with E-state index in [1.165, 1.54) is 7.11 Å². The molecular weight excluding hydrogens is 498 g/mol. The van der Waals surface area contributed by atoms with Crippen molar-refractivity contribution in [2.24, 2.45) is 0 Å².